The van der Waals surface area contributed by atoms with Gasteiger partial charge in [-0.25, -0.2) is 10.0 Å². The van der Waals surface area contributed by atoms with Gasteiger partial charge in [0.25, 0.3) is 0 Å². The summed E-state index contributed by atoms with van der Waals surface area (Å²) in [7, 11) is 0. The van der Waals surface area contributed by atoms with Crippen LogP contribution in [0.15, 0.2) is 97.6 Å². The first kappa shape index (κ1) is 32.8. The molecule has 1 N–H and O–H groups in total. The molecule has 0 aliphatic carbocycles. The van der Waals surface area contributed by atoms with E-state index in [2.05, 4.69) is 6.58 Å². The summed E-state index contributed by atoms with van der Waals surface area (Å²) >= 11 is 0. The maximum absolute atomic E-state index is 14.3. The zero-order chi connectivity index (χ0) is 34.2. The molecule has 2 aliphatic heterocycles. The minimum absolute atomic E-state index is 0.0505. The summed E-state index contributed by atoms with van der Waals surface area (Å²) in [6.45, 7) is 6.32. The minimum atomic E-state index is -4.49. The van der Waals surface area contributed by atoms with Crippen molar-refractivity contribution in [2.24, 2.45) is 0 Å². The molecule has 0 radical (unpaired) electrons. The number of aromatic hydroxyl groups is 1. The molecule has 3 amide bonds. The van der Waals surface area contributed by atoms with E-state index in [4.69, 9.17) is 0 Å². The number of carbonyl (C=O) groups is 3. The second-order valence-electron chi connectivity index (χ2n) is 12.1. The molecule has 0 unspecified atom stereocenters. The van der Waals surface area contributed by atoms with Crippen molar-refractivity contribution in [3.05, 3.63) is 120 Å². The minimum Gasteiger partial charge on any atom is -0.508 e. The van der Waals surface area contributed by atoms with E-state index in [9.17, 15) is 32.7 Å². The van der Waals surface area contributed by atoms with Crippen molar-refractivity contribution < 1.29 is 32.7 Å². The molecule has 4 aromatic rings. The number of nitrogens with zero attached hydrogens (tertiary/aromatic N) is 4. The lowest BCUT2D eigenvalue weighted by Crippen LogP contribution is -2.75. The molecule has 6 rings (SSSR count). The Balaban J connectivity index is 1.34. The number of phenols is 1. The fourth-order valence-electron chi connectivity index (χ4n) is 6.62. The van der Waals surface area contributed by atoms with Gasteiger partial charge in [-0.05, 0) is 57.3 Å². The number of halogens is 3. The Morgan fingerprint density at radius 2 is 1.62 bits per heavy atom. The molecule has 2 saturated heterocycles. The molecule has 48 heavy (non-hydrogen) atoms. The van der Waals surface area contributed by atoms with E-state index in [1.165, 1.54) is 34.2 Å². The van der Waals surface area contributed by atoms with Crippen molar-refractivity contribution >= 4 is 34.1 Å². The fraction of sp³-hybridized carbons (Fsp3) is 0.270. The molecule has 0 saturated carbocycles. The van der Waals surface area contributed by atoms with Gasteiger partial charge in [0.15, 0.2) is 0 Å². The normalized spacial score (nSPS) is 18.7. The van der Waals surface area contributed by atoms with E-state index in [0.717, 1.165) is 34.0 Å². The number of alkyl halides is 3. The van der Waals surface area contributed by atoms with Crippen molar-refractivity contribution in [1.82, 2.24) is 19.8 Å². The summed E-state index contributed by atoms with van der Waals surface area (Å²) in [5.74, 6) is -0.879. The predicted octanol–water partition coefficient (Wildman–Crippen LogP) is 5.86. The van der Waals surface area contributed by atoms with E-state index in [-0.39, 0.29) is 50.0 Å². The van der Waals surface area contributed by atoms with Crippen LogP contribution in [0, 0.1) is 0 Å². The van der Waals surface area contributed by atoms with E-state index < -0.39 is 29.9 Å². The van der Waals surface area contributed by atoms with Gasteiger partial charge in [0.1, 0.15) is 18.0 Å². The van der Waals surface area contributed by atoms with Crippen LogP contribution in [-0.2, 0) is 33.5 Å². The molecule has 2 fully saturated rings. The SMILES string of the molecule is C=C(CC(=O)N1[C@H]2CN(Cc3cccc4ccccc34)C(=O)[C@H](Cc3ccc(O)cc3)N2C(=O)CN1CC)c1ccc(C(F)(F)F)cc1. The van der Waals surface area contributed by atoms with Crippen LogP contribution in [0.3, 0.4) is 0 Å². The molecular weight excluding hydrogens is 621 g/mol. The number of rotatable bonds is 8. The molecule has 11 heteroatoms. The molecule has 0 aromatic heterocycles. The van der Waals surface area contributed by atoms with Crippen LogP contribution in [0.5, 0.6) is 5.75 Å². The molecule has 0 bridgehead atoms. The average molecular weight is 657 g/mol. The highest BCUT2D eigenvalue weighted by Gasteiger charge is 2.51. The zero-order valence-corrected chi connectivity index (χ0v) is 26.4. The van der Waals surface area contributed by atoms with Crippen LogP contribution in [0.1, 0.15) is 35.6 Å². The predicted molar refractivity (Wildman–Crippen MR) is 175 cm³/mol. The van der Waals surface area contributed by atoms with Crippen LogP contribution in [0.4, 0.5) is 13.2 Å². The van der Waals surface area contributed by atoms with Gasteiger partial charge in [-0.3, -0.25) is 14.4 Å². The average Bonchev–Trinajstić information content (AvgIpc) is 3.07. The van der Waals surface area contributed by atoms with Crippen molar-refractivity contribution in [2.45, 2.75) is 44.7 Å². The molecule has 4 aromatic carbocycles. The second-order valence-corrected chi connectivity index (χ2v) is 12.1. The van der Waals surface area contributed by atoms with Gasteiger partial charge in [-0.2, -0.15) is 13.2 Å². The number of hydrazine groups is 1. The number of hydrogen-bond donors (Lipinski definition) is 1. The lowest BCUT2D eigenvalue weighted by Gasteiger charge is -2.55. The topological polar surface area (TPSA) is 84.4 Å². The Morgan fingerprint density at radius 3 is 2.31 bits per heavy atom. The number of piperazine rings is 1. The number of likely N-dealkylation sites (N-methyl/N-ethyl adjacent to an activating group) is 1. The number of fused-ring (bicyclic) bond motifs is 2. The summed E-state index contributed by atoms with van der Waals surface area (Å²) in [5, 5.41) is 15.0. The van der Waals surface area contributed by atoms with Crippen LogP contribution < -0.4 is 0 Å². The second kappa shape index (κ2) is 13.2. The van der Waals surface area contributed by atoms with Crippen molar-refractivity contribution in [1.29, 1.82) is 0 Å². The molecule has 2 aliphatic rings. The first-order valence-corrected chi connectivity index (χ1v) is 15.7. The fourth-order valence-corrected chi connectivity index (χ4v) is 6.62. The lowest BCUT2D eigenvalue weighted by molar-refractivity contribution is -0.205. The third-order valence-corrected chi connectivity index (χ3v) is 9.04. The summed E-state index contributed by atoms with van der Waals surface area (Å²) < 4.78 is 39.4. The Kier molecular flexibility index (Phi) is 8.98. The maximum atomic E-state index is 14.3. The Bertz CT molecular complexity index is 1850. The molecule has 2 atom stereocenters. The van der Waals surface area contributed by atoms with E-state index in [1.807, 2.05) is 49.4 Å². The van der Waals surface area contributed by atoms with Crippen LogP contribution in [0.2, 0.25) is 0 Å². The van der Waals surface area contributed by atoms with Gasteiger partial charge in [0.05, 0.1) is 25.1 Å². The number of hydrogen-bond acceptors (Lipinski definition) is 5. The summed E-state index contributed by atoms with van der Waals surface area (Å²) in [6, 6.07) is 23.8. The third-order valence-electron chi connectivity index (χ3n) is 9.04. The quantitative estimate of drug-likeness (QED) is 0.257. The molecular formula is C37H35F3N4O4. The van der Waals surface area contributed by atoms with Crippen LogP contribution in [-0.4, -0.2) is 74.5 Å². The third kappa shape index (κ3) is 6.50. The highest BCUT2D eigenvalue weighted by molar-refractivity contribution is 5.94. The number of carbonyl (C=O) groups excluding carboxylic acids is 3. The first-order valence-electron chi connectivity index (χ1n) is 15.7. The van der Waals surface area contributed by atoms with E-state index in [1.54, 1.807) is 22.0 Å². The maximum Gasteiger partial charge on any atom is 0.416 e. The van der Waals surface area contributed by atoms with Gasteiger partial charge in [0.2, 0.25) is 17.7 Å². The van der Waals surface area contributed by atoms with Gasteiger partial charge in [-0.15, -0.1) is 0 Å². The number of benzene rings is 4. The Morgan fingerprint density at radius 1 is 0.938 bits per heavy atom. The van der Waals surface area contributed by atoms with E-state index >= 15 is 0 Å². The summed E-state index contributed by atoms with van der Waals surface area (Å²) in [6.07, 6.45) is -5.37. The molecule has 248 valence electrons. The Labute approximate surface area is 276 Å². The molecule has 8 nitrogen and oxygen atoms in total. The van der Waals surface area contributed by atoms with Gasteiger partial charge >= 0.3 is 6.18 Å². The van der Waals surface area contributed by atoms with Gasteiger partial charge < -0.3 is 14.9 Å². The monoisotopic (exact) mass is 656 g/mol. The highest BCUT2D eigenvalue weighted by atomic mass is 19.4. The van der Waals surface area contributed by atoms with Crippen LogP contribution >= 0.6 is 0 Å². The molecule has 0 spiro atoms. The van der Waals surface area contributed by atoms with Crippen molar-refractivity contribution in [3.8, 4) is 5.75 Å². The highest BCUT2D eigenvalue weighted by Crippen LogP contribution is 2.33. The van der Waals surface area contributed by atoms with Gasteiger partial charge in [-0.1, -0.05) is 80.2 Å². The van der Waals surface area contributed by atoms with Crippen LogP contribution in [0.25, 0.3) is 16.3 Å². The standard InChI is InChI=1S/C37H35F3N4O4/c1-3-42-23-35(47)43-32(20-25-11-17-30(45)18-12-25)36(48)41(21-28-9-6-8-27-7-4-5-10-31(27)28)22-33(43)44(42)34(46)19-24(2)26-13-15-29(16-14-26)37(38,39)40/h4-18,32-33,45H,2-3,19-23H2,1H3/t32-,33-/m0/s1. The largest absolute Gasteiger partial charge is 0.508 e. The molecule has 2 heterocycles. The Hall–Kier alpha value is -5.16. The summed E-state index contributed by atoms with van der Waals surface area (Å²) in [5.41, 5.74) is 1.57. The van der Waals surface area contributed by atoms with Gasteiger partial charge in [0, 0.05) is 19.5 Å². The smallest absolute Gasteiger partial charge is 0.416 e. The first-order chi connectivity index (χ1) is 22.9. The summed E-state index contributed by atoms with van der Waals surface area (Å²) in [4.78, 5) is 45.4. The number of amides is 3. The van der Waals surface area contributed by atoms with E-state index in [0.29, 0.717) is 17.7 Å². The van der Waals surface area contributed by atoms with Crippen molar-refractivity contribution in [2.75, 3.05) is 19.6 Å². The zero-order valence-electron chi connectivity index (χ0n) is 26.4. The number of phenolic OH excluding ortho intramolecular Hbond substituents is 1. The lowest BCUT2D eigenvalue weighted by atomic mass is 9.97. The van der Waals surface area contributed by atoms with Crippen molar-refractivity contribution in [3.63, 3.8) is 0 Å².